The first-order chi connectivity index (χ1) is 9.29. The quantitative estimate of drug-likeness (QED) is 0.252. The van der Waals surface area contributed by atoms with Crippen LogP contribution < -0.4 is 11.1 Å². The van der Waals surface area contributed by atoms with Crippen molar-refractivity contribution >= 4 is 23.4 Å². The third-order valence-corrected chi connectivity index (χ3v) is 2.20. The van der Waals surface area contributed by atoms with Gasteiger partial charge in [-0.2, -0.15) is 0 Å². The van der Waals surface area contributed by atoms with Gasteiger partial charge in [-0.05, 0) is 13.0 Å². The predicted octanol–water partition coefficient (Wildman–Crippen LogP) is -1.13. The van der Waals surface area contributed by atoms with Crippen LogP contribution in [0.2, 0.25) is 0 Å². The second kappa shape index (κ2) is 8.81. The summed E-state index contributed by atoms with van der Waals surface area (Å²) >= 11 is 0. The highest BCUT2D eigenvalue weighted by atomic mass is 16.5. The molecule has 20 heavy (non-hydrogen) atoms. The summed E-state index contributed by atoms with van der Waals surface area (Å²) in [5.41, 5.74) is 4.70. The zero-order valence-corrected chi connectivity index (χ0v) is 11.4. The lowest BCUT2D eigenvalue weighted by Crippen LogP contribution is -2.34. The number of allylic oxidation sites excluding steroid dienone is 1. The van der Waals surface area contributed by atoms with Gasteiger partial charge in [0.1, 0.15) is 0 Å². The normalized spacial score (nSPS) is 12.4. The van der Waals surface area contributed by atoms with Gasteiger partial charge < -0.3 is 20.9 Å². The number of ether oxygens (including phenoxy) is 1. The smallest absolute Gasteiger partial charge is 0.335 e. The Hall–Kier alpha value is -2.22. The molecule has 0 aliphatic carbocycles. The van der Waals surface area contributed by atoms with Crippen molar-refractivity contribution in [2.75, 3.05) is 13.2 Å². The molecular formula is C12H19N3O5. The fraction of sp³-hybridized carbons (Fsp3) is 0.500. The Morgan fingerprint density at radius 2 is 2.05 bits per heavy atom. The molecule has 0 aliphatic rings. The van der Waals surface area contributed by atoms with Crippen LogP contribution in [0.15, 0.2) is 11.8 Å². The second-order valence-corrected chi connectivity index (χ2v) is 3.88. The predicted molar refractivity (Wildman–Crippen MR) is 70.9 cm³/mol. The molecule has 0 radical (unpaired) electrons. The highest BCUT2D eigenvalue weighted by Crippen LogP contribution is 1.95. The molecule has 0 spiro atoms. The average molecular weight is 285 g/mol. The van der Waals surface area contributed by atoms with Crippen LogP contribution in [0.25, 0.3) is 0 Å². The Labute approximate surface area is 116 Å². The van der Waals surface area contributed by atoms with Gasteiger partial charge in [-0.25, -0.2) is 4.79 Å². The van der Waals surface area contributed by atoms with Crippen LogP contribution in [0.3, 0.4) is 0 Å². The summed E-state index contributed by atoms with van der Waals surface area (Å²) in [7, 11) is 0. The molecule has 0 bridgehead atoms. The number of esters is 1. The monoisotopic (exact) mass is 285 g/mol. The number of Topliss-reactive ketones (excluding diaryl/α,β-unsaturated/α-hetero) is 1. The molecule has 1 unspecified atom stereocenters. The van der Waals surface area contributed by atoms with Crippen molar-refractivity contribution in [1.29, 1.82) is 5.41 Å². The Balaban J connectivity index is 4.20. The first kappa shape index (κ1) is 17.8. The number of nitrogens with two attached hydrogens (primary N) is 1. The highest BCUT2D eigenvalue weighted by molar-refractivity contribution is 6.42. The highest BCUT2D eigenvalue weighted by Gasteiger charge is 2.16. The largest absolute Gasteiger partial charge is 0.464 e. The maximum Gasteiger partial charge on any atom is 0.335 e. The van der Waals surface area contributed by atoms with E-state index < -0.39 is 23.8 Å². The molecule has 0 saturated heterocycles. The minimum atomic E-state index is -1.32. The summed E-state index contributed by atoms with van der Waals surface area (Å²) in [5, 5.41) is 18.9. The van der Waals surface area contributed by atoms with Crippen LogP contribution >= 0.6 is 0 Å². The Morgan fingerprint density at radius 3 is 2.55 bits per heavy atom. The molecule has 0 aromatic rings. The summed E-state index contributed by atoms with van der Waals surface area (Å²) in [5.74, 6) is -1.96. The zero-order chi connectivity index (χ0) is 15.7. The topological polar surface area (TPSA) is 143 Å². The SMILES string of the molecule is CCOC(=O)C(O)CCNC(=O)C(N)=CC(=N)C(C)=O. The number of rotatable bonds is 8. The Bertz CT molecular complexity index is 431. The first-order valence-corrected chi connectivity index (χ1v) is 5.99. The standard InChI is InChI=1S/C12H19N3O5/c1-3-20-12(19)10(17)4-5-15-11(18)9(14)6-8(13)7(2)16/h6,10,13,17H,3-5,14H2,1-2H3,(H,15,18). The third kappa shape index (κ3) is 6.64. The number of aliphatic hydroxyl groups excluding tert-OH is 1. The molecule has 0 fully saturated rings. The van der Waals surface area contributed by atoms with Gasteiger partial charge in [0.25, 0.3) is 5.91 Å². The number of carbonyl (C=O) groups excluding carboxylic acids is 3. The van der Waals surface area contributed by atoms with E-state index in [4.69, 9.17) is 11.1 Å². The van der Waals surface area contributed by atoms with E-state index in [1.807, 2.05) is 0 Å². The molecule has 0 aromatic heterocycles. The van der Waals surface area contributed by atoms with Crippen molar-refractivity contribution in [3.05, 3.63) is 11.8 Å². The van der Waals surface area contributed by atoms with E-state index in [1.165, 1.54) is 6.92 Å². The number of hydrogen-bond donors (Lipinski definition) is 4. The summed E-state index contributed by atoms with van der Waals surface area (Å²) < 4.78 is 4.58. The zero-order valence-electron chi connectivity index (χ0n) is 11.4. The molecule has 8 heteroatoms. The fourth-order valence-corrected chi connectivity index (χ4v) is 1.10. The van der Waals surface area contributed by atoms with E-state index in [0.717, 1.165) is 6.08 Å². The fourth-order valence-electron chi connectivity index (χ4n) is 1.10. The summed E-state index contributed by atoms with van der Waals surface area (Å²) in [6, 6.07) is 0. The maximum absolute atomic E-state index is 11.5. The molecule has 5 N–H and O–H groups in total. The lowest BCUT2D eigenvalue weighted by Gasteiger charge is -2.10. The van der Waals surface area contributed by atoms with Crippen molar-refractivity contribution in [1.82, 2.24) is 5.32 Å². The van der Waals surface area contributed by atoms with E-state index in [-0.39, 0.29) is 31.0 Å². The van der Waals surface area contributed by atoms with Gasteiger partial charge in [0, 0.05) is 19.9 Å². The van der Waals surface area contributed by atoms with E-state index in [0.29, 0.717) is 0 Å². The van der Waals surface area contributed by atoms with Gasteiger partial charge in [-0.15, -0.1) is 0 Å². The minimum absolute atomic E-state index is 0.000753. The minimum Gasteiger partial charge on any atom is -0.464 e. The first-order valence-electron chi connectivity index (χ1n) is 5.99. The molecule has 0 aromatic carbocycles. The second-order valence-electron chi connectivity index (χ2n) is 3.88. The van der Waals surface area contributed by atoms with Gasteiger partial charge >= 0.3 is 5.97 Å². The lowest BCUT2D eigenvalue weighted by atomic mass is 10.2. The van der Waals surface area contributed by atoms with E-state index in [1.54, 1.807) is 6.92 Å². The number of nitrogens with one attached hydrogen (secondary N) is 2. The summed E-state index contributed by atoms with van der Waals surface area (Å²) in [6.07, 6.45) is -0.405. The van der Waals surface area contributed by atoms with Crippen LogP contribution in [-0.2, 0) is 19.1 Å². The van der Waals surface area contributed by atoms with Gasteiger partial charge in [0.2, 0.25) is 0 Å². The average Bonchev–Trinajstić information content (AvgIpc) is 2.38. The van der Waals surface area contributed by atoms with E-state index in [9.17, 15) is 19.5 Å². The molecule has 0 rings (SSSR count). The number of carbonyl (C=O) groups is 3. The van der Waals surface area contributed by atoms with Crippen molar-refractivity contribution < 1.29 is 24.2 Å². The van der Waals surface area contributed by atoms with Crippen LogP contribution in [0.1, 0.15) is 20.3 Å². The van der Waals surface area contributed by atoms with Crippen LogP contribution in [-0.4, -0.2) is 47.7 Å². The Kier molecular flexibility index (Phi) is 7.83. The summed E-state index contributed by atoms with van der Waals surface area (Å²) in [4.78, 5) is 33.4. The van der Waals surface area contributed by atoms with Crippen molar-refractivity contribution in [2.24, 2.45) is 5.73 Å². The van der Waals surface area contributed by atoms with Gasteiger partial charge in [-0.3, -0.25) is 15.0 Å². The van der Waals surface area contributed by atoms with Crippen LogP contribution in [0.4, 0.5) is 0 Å². The number of ketones is 1. The van der Waals surface area contributed by atoms with Crippen LogP contribution in [0, 0.1) is 5.41 Å². The molecule has 0 saturated carbocycles. The van der Waals surface area contributed by atoms with E-state index in [2.05, 4.69) is 10.1 Å². The molecule has 0 heterocycles. The van der Waals surface area contributed by atoms with Crippen molar-refractivity contribution in [3.8, 4) is 0 Å². The lowest BCUT2D eigenvalue weighted by molar-refractivity contribution is -0.153. The Morgan fingerprint density at radius 1 is 1.45 bits per heavy atom. The third-order valence-electron chi connectivity index (χ3n) is 2.20. The molecule has 1 atom stereocenters. The summed E-state index contributed by atoms with van der Waals surface area (Å²) in [6.45, 7) is 2.95. The molecule has 8 nitrogen and oxygen atoms in total. The van der Waals surface area contributed by atoms with Gasteiger partial charge in [0.15, 0.2) is 11.9 Å². The molecule has 112 valence electrons. The molecule has 0 aliphatic heterocycles. The van der Waals surface area contributed by atoms with Gasteiger partial charge in [-0.1, -0.05) is 0 Å². The van der Waals surface area contributed by atoms with Gasteiger partial charge in [0.05, 0.1) is 18.0 Å². The van der Waals surface area contributed by atoms with Crippen molar-refractivity contribution in [3.63, 3.8) is 0 Å². The number of amides is 1. The molecular weight excluding hydrogens is 266 g/mol. The maximum atomic E-state index is 11.5. The van der Waals surface area contributed by atoms with Crippen molar-refractivity contribution in [2.45, 2.75) is 26.4 Å². The number of aliphatic hydroxyl groups is 1. The van der Waals surface area contributed by atoms with E-state index >= 15 is 0 Å². The van der Waals surface area contributed by atoms with Crippen LogP contribution in [0.5, 0.6) is 0 Å². The molecule has 1 amide bonds. The number of hydrogen-bond acceptors (Lipinski definition) is 7.